The molecular formula is C13H10Br2OS2. The van der Waals surface area contributed by atoms with Gasteiger partial charge in [-0.25, -0.2) is 0 Å². The molecule has 0 bridgehead atoms. The average Bonchev–Trinajstić information content (AvgIpc) is 2.73. The Hall–Kier alpha value is -0.100. The maximum absolute atomic E-state index is 11.9. The molecule has 1 aromatic carbocycles. The van der Waals surface area contributed by atoms with E-state index in [1.165, 1.54) is 0 Å². The molecule has 0 saturated heterocycles. The third-order valence-electron chi connectivity index (χ3n) is 2.24. The van der Waals surface area contributed by atoms with E-state index < -0.39 is 0 Å². The Balaban J connectivity index is 1.87. The highest BCUT2D eigenvalue weighted by atomic mass is 79.9. The topological polar surface area (TPSA) is 17.1 Å². The highest BCUT2D eigenvalue weighted by Gasteiger charge is 2.08. The summed E-state index contributed by atoms with van der Waals surface area (Å²) >= 11 is 10.1. The fourth-order valence-electron chi connectivity index (χ4n) is 1.40. The van der Waals surface area contributed by atoms with Gasteiger partial charge in [-0.2, -0.15) is 0 Å². The van der Waals surface area contributed by atoms with Gasteiger partial charge in [-0.15, -0.1) is 23.1 Å². The van der Waals surface area contributed by atoms with Crippen LogP contribution in [0.15, 0.2) is 49.6 Å². The lowest BCUT2D eigenvalue weighted by molar-refractivity contribution is -0.115. The van der Waals surface area contributed by atoms with Gasteiger partial charge < -0.3 is 0 Å². The lowest BCUT2D eigenvalue weighted by Crippen LogP contribution is -2.04. The lowest BCUT2D eigenvalue weighted by Gasteiger charge is -2.02. The predicted molar refractivity (Wildman–Crippen MR) is 85.6 cm³/mol. The molecule has 1 heterocycles. The molecule has 0 aliphatic carbocycles. The zero-order valence-electron chi connectivity index (χ0n) is 9.36. The molecule has 5 heteroatoms. The number of carbonyl (C=O) groups excluding carboxylic acids is 1. The Morgan fingerprint density at radius 2 is 2.11 bits per heavy atom. The van der Waals surface area contributed by atoms with Gasteiger partial charge in [-0.05, 0) is 45.6 Å². The largest absolute Gasteiger partial charge is 0.298 e. The van der Waals surface area contributed by atoms with Crippen LogP contribution in [-0.2, 0) is 11.2 Å². The number of Topliss-reactive ketones (excluding diaryl/α,β-unsaturated/α-hetero) is 1. The Bertz CT molecular complexity index is 551. The van der Waals surface area contributed by atoms with Crippen molar-refractivity contribution in [1.82, 2.24) is 0 Å². The molecule has 0 amide bonds. The van der Waals surface area contributed by atoms with Crippen LogP contribution in [0.4, 0.5) is 0 Å². The second-order valence-electron chi connectivity index (χ2n) is 3.65. The van der Waals surface area contributed by atoms with E-state index in [2.05, 4.69) is 31.9 Å². The number of carbonyl (C=O) groups is 1. The first-order valence-corrected chi connectivity index (χ1v) is 8.72. The first kappa shape index (κ1) is 14.3. The minimum absolute atomic E-state index is 0.253. The van der Waals surface area contributed by atoms with Crippen LogP contribution in [-0.4, -0.2) is 11.5 Å². The summed E-state index contributed by atoms with van der Waals surface area (Å²) in [5, 5.41) is 1.99. The van der Waals surface area contributed by atoms with Crippen LogP contribution < -0.4 is 0 Å². The molecule has 0 spiro atoms. The van der Waals surface area contributed by atoms with Gasteiger partial charge in [0, 0.05) is 25.1 Å². The van der Waals surface area contributed by atoms with Crippen LogP contribution in [0.5, 0.6) is 0 Å². The van der Waals surface area contributed by atoms with E-state index in [0.29, 0.717) is 12.2 Å². The summed E-state index contributed by atoms with van der Waals surface area (Å²) in [6.45, 7) is 0. The van der Waals surface area contributed by atoms with Crippen molar-refractivity contribution in [2.24, 2.45) is 0 Å². The normalized spacial score (nSPS) is 10.6. The minimum atomic E-state index is 0.253. The monoisotopic (exact) mass is 404 g/mol. The van der Waals surface area contributed by atoms with Crippen LogP contribution in [0.3, 0.4) is 0 Å². The second-order valence-corrected chi connectivity index (χ2v) is 7.47. The Labute approximate surface area is 131 Å². The maximum atomic E-state index is 11.9. The van der Waals surface area contributed by atoms with Crippen molar-refractivity contribution < 1.29 is 4.79 Å². The summed E-state index contributed by atoms with van der Waals surface area (Å²) in [6.07, 6.45) is 0.513. The minimum Gasteiger partial charge on any atom is -0.298 e. The average molecular weight is 406 g/mol. The van der Waals surface area contributed by atoms with Crippen molar-refractivity contribution in [3.05, 3.63) is 49.5 Å². The van der Waals surface area contributed by atoms with Crippen LogP contribution in [0, 0.1) is 0 Å². The summed E-state index contributed by atoms with van der Waals surface area (Å²) in [5.74, 6) is 0.768. The van der Waals surface area contributed by atoms with Gasteiger partial charge in [0.25, 0.3) is 0 Å². The van der Waals surface area contributed by atoms with E-state index in [9.17, 15) is 4.79 Å². The second kappa shape index (κ2) is 6.89. The summed E-state index contributed by atoms with van der Waals surface area (Å²) in [4.78, 5) is 14.1. The molecule has 0 N–H and O–H groups in total. The van der Waals surface area contributed by atoms with Crippen LogP contribution in [0.1, 0.15) is 4.88 Å². The van der Waals surface area contributed by atoms with Crippen molar-refractivity contribution in [3.8, 4) is 0 Å². The van der Waals surface area contributed by atoms with Gasteiger partial charge in [-0.1, -0.05) is 22.0 Å². The first-order chi connectivity index (χ1) is 8.65. The van der Waals surface area contributed by atoms with Gasteiger partial charge in [0.2, 0.25) is 0 Å². The van der Waals surface area contributed by atoms with Crippen molar-refractivity contribution >= 4 is 60.7 Å². The van der Waals surface area contributed by atoms with E-state index in [-0.39, 0.29) is 5.78 Å². The molecule has 0 aliphatic heterocycles. The van der Waals surface area contributed by atoms with E-state index >= 15 is 0 Å². The number of thioether (sulfide) groups is 1. The van der Waals surface area contributed by atoms with E-state index in [1.54, 1.807) is 23.1 Å². The molecule has 0 atom stereocenters. The third-order valence-corrected chi connectivity index (χ3v) is 5.72. The zero-order valence-corrected chi connectivity index (χ0v) is 14.2. The molecule has 1 nitrogen and oxygen atoms in total. The number of rotatable bonds is 5. The maximum Gasteiger partial charge on any atom is 0.148 e. The number of thiophene rings is 1. The number of hydrogen-bond donors (Lipinski definition) is 0. The van der Waals surface area contributed by atoms with Gasteiger partial charge in [0.1, 0.15) is 5.78 Å². The summed E-state index contributed by atoms with van der Waals surface area (Å²) in [7, 11) is 0. The smallest absolute Gasteiger partial charge is 0.148 e. The van der Waals surface area contributed by atoms with Crippen LogP contribution in [0.25, 0.3) is 0 Å². The summed E-state index contributed by atoms with van der Waals surface area (Å²) in [5.41, 5.74) is 0. The van der Waals surface area contributed by atoms with Gasteiger partial charge in [-0.3, -0.25) is 4.79 Å². The van der Waals surface area contributed by atoms with Gasteiger partial charge in [0.15, 0.2) is 0 Å². The zero-order chi connectivity index (χ0) is 13.0. The van der Waals surface area contributed by atoms with E-state index in [0.717, 1.165) is 18.7 Å². The fraction of sp³-hybridized carbons (Fsp3) is 0.154. The third kappa shape index (κ3) is 4.23. The Kier molecular flexibility index (Phi) is 5.48. The molecule has 2 rings (SSSR count). The molecule has 1 aromatic heterocycles. The number of benzene rings is 1. The van der Waals surface area contributed by atoms with Crippen molar-refractivity contribution in [1.29, 1.82) is 0 Å². The van der Waals surface area contributed by atoms with E-state index in [1.807, 2.05) is 35.7 Å². The molecular weight excluding hydrogens is 396 g/mol. The summed E-state index contributed by atoms with van der Waals surface area (Å²) in [6, 6.07) is 9.99. The molecule has 0 saturated carbocycles. The molecule has 2 aromatic rings. The molecule has 0 fully saturated rings. The van der Waals surface area contributed by atoms with Crippen LogP contribution in [0.2, 0.25) is 0 Å². The lowest BCUT2D eigenvalue weighted by atomic mass is 10.3. The first-order valence-electron chi connectivity index (χ1n) is 5.27. The van der Waals surface area contributed by atoms with Gasteiger partial charge in [0.05, 0.1) is 5.75 Å². The molecule has 0 radical (unpaired) electrons. The molecule has 18 heavy (non-hydrogen) atoms. The van der Waals surface area contributed by atoms with E-state index in [4.69, 9.17) is 0 Å². The Morgan fingerprint density at radius 1 is 1.28 bits per heavy atom. The molecule has 0 unspecified atom stereocenters. The SMILES string of the molecule is O=C(CSc1cccc(Br)c1)Cc1sccc1Br. The van der Waals surface area contributed by atoms with Crippen molar-refractivity contribution in [2.45, 2.75) is 11.3 Å². The fourth-order valence-corrected chi connectivity index (χ4v) is 4.29. The quantitative estimate of drug-likeness (QED) is 0.637. The van der Waals surface area contributed by atoms with Crippen molar-refractivity contribution in [3.63, 3.8) is 0 Å². The van der Waals surface area contributed by atoms with Crippen LogP contribution >= 0.6 is 55.0 Å². The Morgan fingerprint density at radius 3 is 2.78 bits per heavy atom. The van der Waals surface area contributed by atoms with Gasteiger partial charge >= 0.3 is 0 Å². The van der Waals surface area contributed by atoms with Crippen molar-refractivity contribution in [2.75, 3.05) is 5.75 Å². The number of ketones is 1. The summed E-state index contributed by atoms with van der Waals surface area (Å²) < 4.78 is 2.08. The highest BCUT2D eigenvalue weighted by molar-refractivity contribution is 9.10. The standard InChI is InChI=1S/C13H10Br2OS2/c14-9-2-1-3-11(6-9)18-8-10(16)7-13-12(15)4-5-17-13/h1-6H,7-8H2. The highest BCUT2D eigenvalue weighted by Crippen LogP contribution is 2.25. The molecule has 94 valence electrons. The number of halogens is 2. The number of hydrogen-bond acceptors (Lipinski definition) is 3. The predicted octanol–water partition coefficient (Wildman–Crippen LogP) is 5.18. The molecule has 0 aliphatic rings.